The summed E-state index contributed by atoms with van der Waals surface area (Å²) in [4.78, 5) is 38.1. The maximum atomic E-state index is 13.1. The second-order valence-electron chi connectivity index (χ2n) is 8.35. The first kappa shape index (κ1) is 18.4. The Morgan fingerprint density at radius 1 is 1.07 bits per heavy atom. The largest absolute Gasteiger partial charge is 0.481 e. The zero-order valence-electron chi connectivity index (χ0n) is 15.8. The van der Waals surface area contributed by atoms with Crippen LogP contribution >= 0.6 is 11.3 Å². The van der Waals surface area contributed by atoms with E-state index in [1.807, 2.05) is 18.2 Å². The van der Waals surface area contributed by atoms with Gasteiger partial charge in [0.1, 0.15) is 5.00 Å². The van der Waals surface area contributed by atoms with Gasteiger partial charge in [-0.05, 0) is 60.6 Å². The van der Waals surface area contributed by atoms with Crippen molar-refractivity contribution in [1.82, 2.24) is 0 Å². The SMILES string of the molecule is NC(=O)c1c(NC(=O)C2C3CCC(C3)C2C(=O)O)sc2c1CCc1ccccc1-2. The molecule has 2 amide bonds. The quantitative estimate of drug-likeness (QED) is 0.718. The lowest BCUT2D eigenvalue weighted by molar-refractivity contribution is -0.148. The van der Waals surface area contributed by atoms with Gasteiger partial charge in [-0.25, -0.2) is 0 Å². The lowest BCUT2D eigenvalue weighted by Crippen LogP contribution is -2.38. The van der Waals surface area contributed by atoms with Crippen molar-refractivity contribution in [2.24, 2.45) is 29.4 Å². The molecule has 4 N–H and O–H groups in total. The Balaban J connectivity index is 1.51. The van der Waals surface area contributed by atoms with E-state index in [2.05, 4.69) is 11.4 Å². The fourth-order valence-electron chi connectivity index (χ4n) is 5.71. The highest BCUT2D eigenvalue weighted by atomic mass is 32.1. The molecular weight excluding hydrogens is 388 g/mol. The lowest BCUT2D eigenvalue weighted by atomic mass is 9.78. The Bertz CT molecular complexity index is 1040. The summed E-state index contributed by atoms with van der Waals surface area (Å²) >= 11 is 1.37. The molecule has 6 nitrogen and oxygen atoms in total. The van der Waals surface area contributed by atoms with E-state index < -0.39 is 23.7 Å². The highest BCUT2D eigenvalue weighted by molar-refractivity contribution is 7.20. The number of fused-ring (bicyclic) bond motifs is 5. The highest BCUT2D eigenvalue weighted by Crippen LogP contribution is 2.53. The number of carbonyl (C=O) groups is 3. The van der Waals surface area contributed by atoms with Crippen LogP contribution in [0.5, 0.6) is 0 Å². The number of rotatable bonds is 4. The Hall–Kier alpha value is -2.67. The third kappa shape index (κ3) is 2.79. The number of primary amides is 1. The first-order valence-corrected chi connectivity index (χ1v) is 10.8. The van der Waals surface area contributed by atoms with Crippen LogP contribution in [0.2, 0.25) is 0 Å². The van der Waals surface area contributed by atoms with E-state index in [1.165, 1.54) is 16.9 Å². The van der Waals surface area contributed by atoms with Gasteiger partial charge in [-0.15, -0.1) is 11.3 Å². The topological polar surface area (TPSA) is 109 Å². The number of hydrogen-bond acceptors (Lipinski definition) is 4. The summed E-state index contributed by atoms with van der Waals surface area (Å²) in [5.74, 6) is -2.74. The lowest BCUT2D eigenvalue weighted by Gasteiger charge is -2.26. The van der Waals surface area contributed by atoms with Crippen LogP contribution in [0.25, 0.3) is 10.4 Å². The number of carboxylic acid groups (broad SMARTS) is 1. The molecule has 3 aliphatic carbocycles. The highest BCUT2D eigenvalue weighted by Gasteiger charge is 2.54. The van der Waals surface area contributed by atoms with Crippen molar-refractivity contribution < 1.29 is 19.5 Å². The Morgan fingerprint density at radius 3 is 2.52 bits per heavy atom. The van der Waals surface area contributed by atoms with E-state index in [9.17, 15) is 19.5 Å². The third-order valence-corrected chi connectivity index (χ3v) is 8.08. The molecule has 4 atom stereocenters. The zero-order chi connectivity index (χ0) is 20.3. The van der Waals surface area contributed by atoms with Crippen LogP contribution in [-0.2, 0) is 22.4 Å². The fraction of sp³-hybridized carbons (Fsp3) is 0.409. The van der Waals surface area contributed by atoms with Crippen LogP contribution < -0.4 is 11.1 Å². The van der Waals surface area contributed by atoms with E-state index >= 15 is 0 Å². The molecule has 7 heteroatoms. The molecule has 5 rings (SSSR count). The van der Waals surface area contributed by atoms with Crippen LogP contribution in [0.15, 0.2) is 24.3 Å². The number of aliphatic carboxylic acids is 1. The summed E-state index contributed by atoms with van der Waals surface area (Å²) in [6.07, 6.45) is 4.08. The smallest absolute Gasteiger partial charge is 0.307 e. The van der Waals surface area contributed by atoms with Crippen molar-refractivity contribution in [2.45, 2.75) is 32.1 Å². The molecule has 2 saturated carbocycles. The average molecular weight is 410 g/mol. The maximum absolute atomic E-state index is 13.1. The number of thiophene rings is 1. The molecule has 0 spiro atoms. The first-order valence-electron chi connectivity index (χ1n) is 10.0. The molecule has 150 valence electrons. The number of nitrogens with one attached hydrogen (secondary N) is 1. The van der Waals surface area contributed by atoms with Gasteiger partial charge < -0.3 is 16.2 Å². The predicted molar refractivity (Wildman–Crippen MR) is 110 cm³/mol. The van der Waals surface area contributed by atoms with Gasteiger partial charge in [-0.3, -0.25) is 14.4 Å². The Morgan fingerprint density at radius 2 is 1.79 bits per heavy atom. The molecule has 0 radical (unpaired) electrons. The van der Waals surface area contributed by atoms with Crippen LogP contribution in [0.1, 0.15) is 40.7 Å². The van der Waals surface area contributed by atoms with Crippen molar-refractivity contribution in [1.29, 1.82) is 0 Å². The van der Waals surface area contributed by atoms with Gasteiger partial charge in [-0.1, -0.05) is 24.3 Å². The van der Waals surface area contributed by atoms with Crippen molar-refractivity contribution in [2.75, 3.05) is 5.32 Å². The van der Waals surface area contributed by atoms with E-state index in [4.69, 9.17) is 5.73 Å². The normalized spacial score (nSPS) is 26.6. The number of amides is 2. The predicted octanol–water partition coefficient (Wildman–Crippen LogP) is 3.30. The summed E-state index contributed by atoms with van der Waals surface area (Å²) in [7, 11) is 0. The minimum atomic E-state index is -0.896. The number of carbonyl (C=O) groups excluding carboxylic acids is 2. The van der Waals surface area contributed by atoms with Gasteiger partial charge in [0.2, 0.25) is 5.91 Å². The van der Waals surface area contributed by atoms with Gasteiger partial charge in [0, 0.05) is 4.88 Å². The minimum Gasteiger partial charge on any atom is -0.481 e. The summed E-state index contributed by atoms with van der Waals surface area (Å²) < 4.78 is 0. The molecule has 0 aliphatic heterocycles. The molecule has 29 heavy (non-hydrogen) atoms. The summed E-state index contributed by atoms with van der Waals surface area (Å²) in [6, 6.07) is 8.06. The first-order chi connectivity index (χ1) is 14.0. The second kappa shape index (κ2) is 6.69. The van der Waals surface area contributed by atoms with Gasteiger partial charge in [0.25, 0.3) is 5.91 Å². The average Bonchev–Trinajstić information content (AvgIpc) is 3.39. The van der Waals surface area contributed by atoms with Crippen LogP contribution in [0.3, 0.4) is 0 Å². The van der Waals surface area contributed by atoms with Crippen LogP contribution in [0, 0.1) is 23.7 Å². The molecule has 4 unspecified atom stereocenters. The molecule has 0 saturated heterocycles. The molecule has 2 bridgehead atoms. The summed E-state index contributed by atoms with van der Waals surface area (Å²) in [6.45, 7) is 0. The van der Waals surface area contributed by atoms with Crippen molar-refractivity contribution >= 4 is 34.1 Å². The van der Waals surface area contributed by atoms with Crippen molar-refractivity contribution in [3.8, 4) is 10.4 Å². The van der Waals surface area contributed by atoms with E-state index in [-0.39, 0.29) is 17.7 Å². The number of nitrogens with two attached hydrogens (primary N) is 1. The number of aryl methyl sites for hydroxylation is 1. The fourth-order valence-corrected chi connectivity index (χ4v) is 7.03. The minimum absolute atomic E-state index is 0.0762. The number of hydrogen-bond donors (Lipinski definition) is 3. The third-order valence-electron chi connectivity index (χ3n) is 6.90. The summed E-state index contributed by atoms with van der Waals surface area (Å²) in [5, 5.41) is 13.0. The van der Waals surface area contributed by atoms with Gasteiger partial charge in [0.05, 0.1) is 17.4 Å². The molecule has 1 aromatic heterocycles. The monoisotopic (exact) mass is 410 g/mol. The van der Waals surface area contributed by atoms with Gasteiger partial charge >= 0.3 is 5.97 Å². The van der Waals surface area contributed by atoms with Gasteiger partial charge in [-0.2, -0.15) is 0 Å². The van der Waals surface area contributed by atoms with Crippen molar-refractivity contribution in [3.05, 3.63) is 41.0 Å². The molecule has 2 aromatic rings. The molecule has 1 heterocycles. The van der Waals surface area contributed by atoms with Gasteiger partial charge in [0.15, 0.2) is 0 Å². The maximum Gasteiger partial charge on any atom is 0.307 e. The Kier molecular flexibility index (Phi) is 4.24. The van der Waals surface area contributed by atoms with E-state index in [1.54, 1.807) is 0 Å². The second-order valence-corrected chi connectivity index (χ2v) is 9.37. The van der Waals surface area contributed by atoms with E-state index in [0.717, 1.165) is 41.7 Å². The zero-order valence-corrected chi connectivity index (χ0v) is 16.6. The number of benzene rings is 1. The molecular formula is C22H22N2O4S. The molecule has 3 aliphatic rings. The van der Waals surface area contributed by atoms with E-state index in [0.29, 0.717) is 17.0 Å². The molecule has 1 aromatic carbocycles. The number of anilines is 1. The summed E-state index contributed by atoms with van der Waals surface area (Å²) in [5.41, 5.74) is 9.25. The standard InChI is InChI=1S/C22H22N2O4S/c23-19(25)17-14-8-7-10-3-1-2-4-13(10)18(14)29-21(17)24-20(26)15-11-5-6-12(9-11)16(15)22(27)28/h1-4,11-12,15-16H,5-9H2,(H2,23,25)(H,24,26)(H,27,28). The van der Waals surface area contributed by atoms with Crippen LogP contribution in [-0.4, -0.2) is 22.9 Å². The number of carboxylic acids is 1. The Labute approximate surface area is 172 Å². The van der Waals surface area contributed by atoms with Crippen molar-refractivity contribution in [3.63, 3.8) is 0 Å². The van der Waals surface area contributed by atoms with Crippen LogP contribution in [0.4, 0.5) is 5.00 Å². The molecule has 2 fully saturated rings.